The summed E-state index contributed by atoms with van der Waals surface area (Å²) in [7, 11) is 1.92. The highest BCUT2D eigenvalue weighted by Crippen LogP contribution is 2.17. The lowest BCUT2D eigenvalue weighted by molar-refractivity contribution is -0.115. The lowest BCUT2D eigenvalue weighted by Gasteiger charge is -2.18. The Bertz CT molecular complexity index is 381. The topological polar surface area (TPSA) is 52.6 Å². The standard InChI is InChI=1S/C13H20N2O2S/c1-10(18-3)13(17)14-11-4-6-12(7-5-11)15(2)8-9-16/h4-7,10,16H,8-9H2,1-3H3,(H,14,17). The number of benzene rings is 1. The van der Waals surface area contributed by atoms with Crippen LogP contribution < -0.4 is 10.2 Å². The van der Waals surface area contributed by atoms with Gasteiger partial charge < -0.3 is 15.3 Å². The highest BCUT2D eigenvalue weighted by Gasteiger charge is 2.11. The van der Waals surface area contributed by atoms with Crippen molar-refractivity contribution in [2.75, 3.05) is 36.7 Å². The smallest absolute Gasteiger partial charge is 0.237 e. The van der Waals surface area contributed by atoms with Gasteiger partial charge in [-0.25, -0.2) is 0 Å². The second-order valence-electron chi connectivity index (χ2n) is 4.06. The van der Waals surface area contributed by atoms with Crippen LogP contribution in [0.25, 0.3) is 0 Å². The first-order chi connectivity index (χ1) is 8.58. The predicted molar refractivity (Wildman–Crippen MR) is 78.4 cm³/mol. The van der Waals surface area contributed by atoms with Crippen LogP contribution in [0.3, 0.4) is 0 Å². The van der Waals surface area contributed by atoms with Crippen LogP contribution in [0, 0.1) is 0 Å². The monoisotopic (exact) mass is 268 g/mol. The van der Waals surface area contributed by atoms with Crippen LogP contribution >= 0.6 is 11.8 Å². The fraction of sp³-hybridized carbons (Fsp3) is 0.462. The molecule has 0 heterocycles. The normalized spacial score (nSPS) is 12.0. The minimum Gasteiger partial charge on any atom is -0.395 e. The number of nitrogens with zero attached hydrogens (tertiary/aromatic N) is 1. The third kappa shape index (κ3) is 4.23. The van der Waals surface area contributed by atoms with Gasteiger partial charge in [0.25, 0.3) is 0 Å². The number of aliphatic hydroxyl groups is 1. The van der Waals surface area contributed by atoms with Crippen molar-refractivity contribution in [3.63, 3.8) is 0 Å². The summed E-state index contributed by atoms with van der Waals surface area (Å²) in [5.74, 6) is 0.0129. The number of nitrogens with one attached hydrogen (secondary N) is 1. The van der Waals surface area contributed by atoms with E-state index < -0.39 is 0 Å². The van der Waals surface area contributed by atoms with E-state index in [1.807, 2.05) is 49.4 Å². The van der Waals surface area contributed by atoms with Gasteiger partial charge in [-0.05, 0) is 37.4 Å². The molecule has 1 amide bonds. The first-order valence-electron chi connectivity index (χ1n) is 5.84. The van der Waals surface area contributed by atoms with Crippen molar-refractivity contribution in [3.8, 4) is 0 Å². The van der Waals surface area contributed by atoms with Gasteiger partial charge in [0, 0.05) is 25.0 Å². The van der Waals surface area contributed by atoms with Gasteiger partial charge in [-0.3, -0.25) is 4.79 Å². The molecule has 1 aromatic rings. The molecule has 0 bridgehead atoms. The predicted octanol–water partition coefficient (Wildman–Crippen LogP) is 1.81. The van der Waals surface area contributed by atoms with Gasteiger partial charge in [-0.2, -0.15) is 11.8 Å². The Morgan fingerprint density at radius 1 is 1.44 bits per heavy atom. The Kier molecular flexibility index (Phi) is 6.01. The zero-order chi connectivity index (χ0) is 13.5. The summed E-state index contributed by atoms with van der Waals surface area (Å²) in [6.45, 7) is 2.60. The number of hydrogen-bond acceptors (Lipinski definition) is 4. The largest absolute Gasteiger partial charge is 0.395 e. The maximum absolute atomic E-state index is 11.7. The van der Waals surface area contributed by atoms with E-state index in [4.69, 9.17) is 5.11 Å². The molecule has 1 atom stereocenters. The average Bonchev–Trinajstić information content (AvgIpc) is 2.38. The second kappa shape index (κ2) is 7.28. The molecule has 5 heteroatoms. The molecule has 18 heavy (non-hydrogen) atoms. The summed E-state index contributed by atoms with van der Waals surface area (Å²) >= 11 is 1.52. The fourth-order valence-electron chi connectivity index (χ4n) is 1.43. The van der Waals surface area contributed by atoms with E-state index in [9.17, 15) is 4.79 Å². The van der Waals surface area contributed by atoms with Crippen molar-refractivity contribution in [3.05, 3.63) is 24.3 Å². The number of amides is 1. The minimum atomic E-state index is -0.0539. The van der Waals surface area contributed by atoms with Crippen LogP contribution in [0.15, 0.2) is 24.3 Å². The summed E-state index contributed by atoms with van der Waals surface area (Å²) in [4.78, 5) is 13.6. The van der Waals surface area contributed by atoms with Gasteiger partial charge >= 0.3 is 0 Å². The summed E-state index contributed by atoms with van der Waals surface area (Å²) in [6, 6.07) is 7.59. The van der Waals surface area contributed by atoms with Gasteiger partial charge in [0.2, 0.25) is 5.91 Å². The average molecular weight is 268 g/mol. The van der Waals surface area contributed by atoms with Crippen LogP contribution in [0.4, 0.5) is 11.4 Å². The summed E-state index contributed by atoms with van der Waals surface area (Å²) in [5, 5.41) is 11.7. The zero-order valence-electron chi connectivity index (χ0n) is 11.0. The van der Waals surface area contributed by atoms with Gasteiger partial charge in [0.15, 0.2) is 0 Å². The number of hydrogen-bond donors (Lipinski definition) is 2. The summed E-state index contributed by atoms with van der Waals surface area (Å²) in [6.07, 6.45) is 1.91. The lowest BCUT2D eigenvalue weighted by Crippen LogP contribution is -2.22. The lowest BCUT2D eigenvalue weighted by atomic mass is 10.2. The van der Waals surface area contributed by atoms with E-state index >= 15 is 0 Å². The number of likely N-dealkylation sites (N-methyl/N-ethyl adjacent to an activating group) is 1. The van der Waals surface area contributed by atoms with E-state index in [-0.39, 0.29) is 17.8 Å². The first kappa shape index (κ1) is 14.9. The molecule has 2 N–H and O–H groups in total. The minimum absolute atomic E-state index is 0.0129. The van der Waals surface area contributed by atoms with Gasteiger partial charge in [0.05, 0.1) is 11.9 Å². The van der Waals surface area contributed by atoms with Gasteiger partial charge in [0.1, 0.15) is 0 Å². The van der Waals surface area contributed by atoms with Crippen molar-refractivity contribution in [1.82, 2.24) is 0 Å². The molecule has 1 unspecified atom stereocenters. The van der Waals surface area contributed by atoms with Crippen molar-refractivity contribution in [2.24, 2.45) is 0 Å². The van der Waals surface area contributed by atoms with Crippen molar-refractivity contribution >= 4 is 29.0 Å². The van der Waals surface area contributed by atoms with E-state index in [0.717, 1.165) is 11.4 Å². The Balaban J connectivity index is 2.63. The molecule has 0 aliphatic heterocycles. The van der Waals surface area contributed by atoms with Gasteiger partial charge in [-0.1, -0.05) is 0 Å². The third-order valence-electron chi connectivity index (χ3n) is 2.73. The van der Waals surface area contributed by atoms with Crippen LogP contribution in [-0.2, 0) is 4.79 Å². The van der Waals surface area contributed by atoms with E-state index in [2.05, 4.69) is 5.32 Å². The Labute approximate surface area is 112 Å². The highest BCUT2D eigenvalue weighted by molar-refractivity contribution is 7.99. The second-order valence-corrected chi connectivity index (χ2v) is 5.24. The van der Waals surface area contributed by atoms with Crippen LogP contribution in [0.1, 0.15) is 6.92 Å². The molecule has 1 rings (SSSR count). The van der Waals surface area contributed by atoms with Crippen LogP contribution in [-0.4, -0.2) is 42.7 Å². The number of carbonyl (C=O) groups is 1. The number of carbonyl (C=O) groups excluding carboxylic acids is 1. The zero-order valence-corrected chi connectivity index (χ0v) is 11.8. The molecule has 0 saturated heterocycles. The van der Waals surface area contributed by atoms with E-state index in [1.54, 1.807) is 0 Å². The van der Waals surface area contributed by atoms with Crippen LogP contribution in [0.2, 0.25) is 0 Å². The van der Waals surface area contributed by atoms with Gasteiger partial charge in [-0.15, -0.1) is 0 Å². The molecule has 0 saturated carbocycles. The van der Waals surface area contributed by atoms with Crippen molar-refractivity contribution in [1.29, 1.82) is 0 Å². The third-order valence-corrected chi connectivity index (χ3v) is 3.65. The maximum atomic E-state index is 11.7. The molecular formula is C13H20N2O2S. The number of aliphatic hydroxyl groups excluding tert-OH is 1. The highest BCUT2D eigenvalue weighted by atomic mass is 32.2. The molecule has 0 fully saturated rings. The van der Waals surface area contributed by atoms with Crippen LogP contribution in [0.5, 0.6) is 0 Å². The fourth-order valence-corrected chi connectivity index (χ4v) is 1.70. The molecule has 0 radical (unpaired) electrons. The molecule has 0 spiro atoms. The molecule has 1 aromatic carbocycles. The molecule has 0 aromatic heterocycles. The molecule has 4 nitrogen and oxygen atoms in total. The first-order valence-corrected chi connectivity index (χ1v) is 7.13. The Morgan fingerprint density at radius 3 is 2.56 bits per heavy atom. The number of rotatable bonds is 6. The summed E-state index contributed by atoms with van der Waals surface area (Å²) < 4.78 is 0. The Hall–Kier alpha value is -1.20. The number of thioether (sulfide) groups is 1. The van der Waals surface area contributed by atoms with E-state index in [0.29, 0.717) is 6.54 Å². The quantitative estimate of drug-likeness (QED) is 0.826. The number of anilines is 2. The van der Waals surface area contributed by atoms with E-state index in [1.165, 1.54) is 11.8 Å². The van der Waals surface area contributed by atoms with Crippen molar-refractivity contribution < 1.29 is 9.90 Å². The molecular weight excluding hydrogens is 248 g/mol. The van der Waals surface area contributed by atoms with Crippen molar-refractivity contribution in [2.45, 2.75) is 12.2 Å². The maximum Gasteiger partial charge on any atom is 0.237 e. The molecule has 100 valence electrons. The molecule has 0 aliphatic rings. The summed E-state index contributed by atoms with van der Waals surface area (Å²) in [5.41, 5.74) is 1.81. The molecule has 0 aliphatic carbocycles. The Morgan fingerprint density at radius 2 is 2.06 bits per heavy atom. The SMILES string of the molecule is CSC(C)C(=O)Nc1ccc(N(C)CCO)cc1.